The molecule has 0 spiro atoms. The third-order valence-corrected chi connectivity index (χ3v) is 4.59. The Morgan fingerprint density at radius 2 is 1.93 bits per heavy atom. The number of nitrogens with one attached hydrogen (secondary N) is 1. The van der Waals surface area contributed by atoms with Crippen LogP contribution in [-0.4, -0.2) is 31.2 Å². The molecule has 0 atom stereocenters. The maximum absolute atomic E-state index is 12.4. The van der Waals surface area contributed by atoms with Gasteiger partial charge in [0.25, 0.3) is 5.91 Å². The Balaban J connectivity index is 1.52. The van der Waals surface area contributed by atoms with E-state index in [9.17, 15) is 4.79 Å². The number of hydrogen-bond acceptors (Lipinski definition) is 5. The number of likely N-dealkylation sites (N-methyl/N-ethyl adjacent to an activating group) is 1. The van der Waals surface area contributed by atoms with Crippen molar-refractivity contribution >= 4 is 11.6 Å². The minimum atomic E-state index is -0.121. The molecule has 0 aliphatic heterocycles. The summed E-state index contributed by atoms with van der Waals surface area (Å²) in [4.78, 5) is 14.5. The fourth-order valence-electron chi connectivity index (χ4n) is 2.84. The Labute approximate surface area is 165 Å². The van der Waals surface area contributed by atoms with Crippen molar-refractivity contribution in [1.29, 1.82) is 0 Å². The molecule has 0 saturated heterocycles. The van der Waals surface area contributed by atoms with Gasteiger partial charge >= 0.3 is 0 Å². The first-order valence-corrected chi connectivity index (χ1v) is 9.23. The van der Waals surface area contributed by atoms with Crippen LogP contribution in [0.25, 0.3) is 0 Å². The summed E-state index contributed by atoms with van der Waals surface area (Å²) < 4.78 is 11.0. The lowest BCUT2D eigenvalue weighted by Gasteiger charge is -2.19. The zero-order valence-corrected chi connectivity index (χ0v) is 16.4. The van der Waals surface area contributed by atoms with Gasteiger partial charge in [-0.05, 0) is 44.2 Å². The monoisotopic (exact) mass is 379 g/mol. The Kier molecular flexibility index (Phi) is 6.32. The summed E-state index contributed by atoms with van der Waals surface area (Å²) in [5, 5.41) is 6.87. The van der Waals surface area contributed by atoms with Gasteiger partial charge in [-0.1, -0.05) is 29.4 Å². The number of aromatic nitrogens is 1. The van der Waals surface area contributed by atoms with Gasteiger partial charge < -0.3 is 19.5 Å². The first kappa shape index (κ1) is 19.5. The summed E-state index contributed by atoms with van der Waals surface area (Å²) in [5.41, 5.74) is 3.43. The quantitative estimate of drug-likeness (QED) is 0.646. The van der Waals surface area contributed by atoms with Crippen LogP contribution in [0.3, 0.4) is 0 Å². The molecular weight excluding hydrogens is 354 g/mol. The first-order valence-electron chi connectivity index (χ1n) is 9.23. The fourth-order valence-corrected chi connectivity index (χ4v) is 2.84. The van der Waals surface area contributed by atoms with Crippen molar-refractivity contribution in [3.8, 4) is 5.75 Å². The zero-order valence-electron chi connectivity index (χ0n) is 16.4. The largest absolute Gasteiger partial charge is 0.489 e. The Morgan fingerprint density at radius 1 is 1.14 bits per heavy atom. The van der Waals surface area contributed by atoms with Crippen molar-refractivity contribution in [3.63, 3.8) is 0 Å². The number of para-hydroxylation sites is 1. The number of hydrogen-bond donors (Lipinski definition) is 1. The molecule has 0 aliphatic carbocycles. The van der Waals surface area contributed by atoms with Gasteiger partial charge in [-0.15, -0.1) is 0 Å². The molecule has 3 rings (SSSR count). The number of carbonyl (C=O) groups is 1. The lowest BCUT2D eigenvalue weighted by Crippen LogP contribution is -2.32. The van der Waals surface area contributed by atoms with Gasteiger partial charge in [0.1, 0.15) is 18.1 Å². The van der Waals surface area contributed by atoms with Gasteiger partial charge in [-0.25, -0.2) is 0 Å². The maximum atomic E-state index is 12.4. The van der Waals surface area contributed by atoms with Crippen molar-refractivity contribution in [2.75, 3.05) is 25.0 Å². The van der Waals surface area contributed by atoms with E-state index in [1.54, 1.807) is 12.1 Å². The van der Waals surface area contributed by atoms with Crippen LogP contribution in [0.1, 0.15) is 27.4 Å². The van der Waals surface area contributed by atoms with E-state index in [0.29, 0.717) is 24.5 Å². The highest BCUT2D eigenvalue weighted by atomic mass is 16.5. The van der Waals surface area contributed by atoms with Crippen LogP contribution in [0.5, 0.6) is 5.75 Å². The van der Waals surface area contributed by atoms with Gasteiger partial charge in [0.15, 0.2) is 0 Å². The molecule has 1 N–H and O–H groups in total. The lowest BCUT2D eigenvalue weighted by molar-refractivity contribution is 0.0954. The number of carbonyl (C=O) groups excluding carboxylic acids is 1. The number of nitrogens with zero attached hydrogens (tertiary/aromatic N) is 2. The molecule has 1 amide bonds. The SMILES string of the molecule is Cc1noc(C)c1COc1cccc(C(=O)NCCN(C)c2ccccc2)c1. The van der Waals surface area contributed by atoms with Crippen molar-refractivity contribution in [2.45, 2.75) is 20.5 Å². The molecule has 0 radical (unpaired) electrons. The average molecular weight is 379 g/mol. The standard InChI is InChI=1S/C22H25N3O3/c1-16-21(17(2)28-24-16)15-27-20-11-7-8-18(14-20)22(26)23-12-13-25(3)19-9-5-4-6-10-19/h4-11,14H,12-13,15H2,1-3H3,(H,23,26). The second-order valence-electron chi connectivity index (χ2n) is 6.63. The molecule has 2 aromatic carbocycles. The molecule has 0 aliphatic rings. The highest BCUT2D eigenvalue weighted by molar-refractivity contribution is 5.94. The van der Waals surface area contributed by atoms with Crippen LogP contribution in [0.4, 0.5) is 5.69 Å². The highest BCUT2D eigenvalue weighted by Gasteiger charge is 2.11. The lowest BCUT2D eigenvalue weighted by atomic mass is 10.2. The van der Waals surface area contributed by atoms with Gasteiger partial charge in [0, 0.05) is 31.4 Å². The highest BCUT2D eigenvalue weighted by Crippen LogP contribution is 2.18. The fraction of sp³-hybridized carbons (Fsp3) is 0.273. The summed E-state index contributed by atoms with van der Waals surface area (Å²) >= 11 is 0. The Morgan fingerprint density at radius 3 is 2.64 bits per heavy atom. The molecule has 0 saturated carbocycles. The predicted molar refractivity (Wildman–Crippen MR) is 109 cm³/mol. The van der Waals surface area contributed by atoms with E-state index in [1.165, 1.54) is 0 Å². The van der Waals surface area contributed by atoms with Crippen LogP contribution < -0.4 is 15.0 Å². The van der Waals surface area contributed by atoms with E-state index in [0.717, 1.165) is 29.2 Å². The van der Waals surface area contributed by atoms with Crippen LogP contribution >= 0.6 is 0 Å². The normalized spacial score (nSPS) is 10.5. The van der Waals surface area contributed by atoms with E-state index in [-0.39, 0.29) is 5.91 Å². The number of ether oxygens (including phenoxy) is 1. The molecule has 1 heterocycles. The maximum Gasteiger partial charge on any atom is 0.251 e. The molecule has 6 nitrogen and oxygen atoms in total. The summed E-state index contributed by atoms with van der Waals surface area (Å²) in [6, 6.07) is 17.2. The minimum absolute atomic E-state index is 0.121. The van der Waals surface area contributed by atoms with Crippen molar-refractivity contribution in [1.82, 2.24) is 10.5 Å². The number of anilines is 1. The summed E-state index contributed by atoms with van der Waals surface area (Å²) in [6.07, 6.45) is 0. The Bertz CT molecular complexity index is 902. The molecule has 28 heavy (non-hydrogen) atoms. The second kappa shape index (κ2) is 9.08. The van der Waals surface area contributed by atoms with Crippen molar-refractivity contribution < 1.29 is 14.1 Å². The smallest absolute Gasteiger partial charge is 0.251 e. The average Bonchev–Trinajstić information content (AvgIpc) is 3.04. The third kappa shape index (κ3) is 4.91. The predicted octanol–water partition coefficient (Wildman–Crippen LogP) is 3.74. The number of benzene rings is 2. The van der Waals surface area contributed by atoms with Crippen LogP contribution in [0, 0.1) is 13.8 Å². The van der Waals surface area contributed by atoms with Gasteiger partial charge in [0.2, 0.25) is 0 Å². The van der Waals surface area contributed by atoms with Crippen molar-refractivity contribution in [2.24, 2.45) is 0 Å². The molecule has 1 aromatic heterocycles. The van der Waals surface area contributed by atoms with Gasteiger partial charge in [-0.2, -0.15) is 0 Å². The minimum Gasteiger partial charge on any atom is -0.489 e. The zero-order chi connectivity index (χ0) is 19.9. The summed E-state index contributed by atoms with van der Waals surface area (Å²) in [6.45, 7) is 5.36. The first-order chi connectivity index (χ1) is 13.5. The number of aryl methyl sites for hydroxylation is 2. The summed E-state index contributed by atoms with van der Waals surface area (Å²) in [5.74, 6) is 1.26. The molecule has 0 unspecified atom stereocenters. The van der Waals surface area contributed by atoms with E-state index in [2.05, 4.69) is 15.4 Å². The van der Waals surface area contributed by atoms with Crippen LogP contribution in [0.2, 0.25) is 0 Å². The molecule has 6 heteroatoms. The van der Waals surface area contributed by atoms with E-state index in [1.807, 2.05) is 63.4 Å². The van der Waals surface area contributed by atoms with Gasteiger partial charge in [-0.3, -0.25) is 4.79 Å². The van der Waals surface area contributed by atoms with E-state index < -0.39 is 0 Å². The molecule has 0 bridgehead atoms. The van der Waals surface area contributed by atoms with E-state index in [4.69, 9.17) is 9.26 Å². The van der Waals surface area contributed by atoms with Crippen molar-refractivity contribution in [3.05, 3.63) is 77.2 Å². The van der Waals surface area contributed by atoms with E-state index >= 15 is 0 Å². The van der Waals surface area contributed by atoms with Gasteiger partial charge in [0.05, 0.1) is 11.3 Å². The molecule has 0 fully saturated rings. The van der Waals surface area contributed by atoms with Crippen LogP contribution in [-0.2, 0) is 6.61 Å². The number of amides is 1. The summed E-state index contributed by atoms with van der Waals surface area (Å²) in [7, 11) is 2.00. The topological polar surface area (TPSA) is 67.6 Å². The van der Waals surface area contributed by atoms with Crippen LogP contribution in [0.15, 0.2) is 59.1 Å². The second-order valence-corrected chi connectivity index (χ2v) is 6.63. The number of rotatable bonds is 8. The third-order valence-electron chi connectivity index (χ3n) is 4.59. The molecular formula is C22H25N3O3. The Hall–Kier alpha value is -3.28. The molecule has 146 valence electrons. The molecule has 3 aromatic rings.